The molecule has 3 atom stereocenters. The quantitative estimate of drug-likeness (QED) is 0.0668. The van der Waals surface area contributed by atoms with Crippen LogP contribution in [0.2, 0.25) is 0 Å². The van der Waals surface area contributed by atoms with Crippen LogP contribution >= 0.6 is 12.4 Å². The molecule has 0 aliphatic heterocycles. The second-order valence-electron chi connectivity index (χ2n) is 11.1. The number of amidine groups is 1. The van der Waals surface area contributed by atoms with Crippen molar-refractivity contribution in [1.29, 1.82) is 10.8 Å². The SMILES string of the molecule is CCOC(=O)C(CCCNC(=N)N)NC(=O)[C@@H](NC(=O)[C@@H](Cc1ccc(C(=N)N)cc1)c1cccc(F)c1)C1CCCCC1.Cl. The monoisotopic (exact) mass is 645 g/mol. The van der Waals surface area contributed by atoms with Crippen molar-refractivity contribution in [3.8, 4) is 0 Å². The molecule has 13 heteroatoms. The Bertz CT molecular complexity index is 1300. The zero-order valence-corrected chi connectivity index (χ0v) is 26.4. The Morgan fingerprint density at radius 2 is 1.69 bits per heavy atom. The number of rotatable bonds is 15. The molecule has 0 aromatic heterocycles. The van der Waals surface area contributed by atoms with Crippen molar-refractivity contribution < 1.29 is 23.5 Å². The fraction of sp³-hybridized carbons (Fsp3) is 0.469. The molecular formula is C32H45ClFN7O4. The Morgan fingerprint density at radius 3 is 2.29 bits per heavy atom. The molecule has 0 saturated heterocycles. The summed E-state index contributed by atoms with van der Waals surface area (Å²) >= 11 is 0. The van der Waals surface area contributed by atoms with Gasteiger partial charge in [-0.25, -0.2) is 9.18 Å². The van der Waals surface area contributed by atoms with Gasteiger partial charge in [0, 0.05) is 12.1 Å². The fourth-order valence-electron chi connectivity index (χ4n) is 5.54. The van der Waals surface area contributed by atoms with Crippen molar-refractivity contribution in [2.45, 2.75) is 76.3 Å². The molecule has 1 fully saturated rings. The standard InChI is InChI=1S/C32H44FN7O4.ClH/c1-2-44-31(43)26(12-7-17-38-32(36)37)39-30(42)27(21-8-4-3-5-9-21)40-29(41)25(23-10-6-11-24(33)19-23)18-20-13-15-22(16-14-20)28(34)35;/h6,10-11,13-16,19,21,25-27H,2-5,7-9,12,17-18H2,1H3,(H3,34,35)(H,39,42)(H,40,41)(H4,36,37,38);1H/t25-,26?,27-;/m0./s1. The highest BCUT2D eigenvalue weighted by Crippen LogP contribution is 2.29. The first-order chi connectivity index (χ1) is 21.1. The maximum atomic E-state index is 14.3. The number of benzene rings is 2. The van der Waals surface area contributed by atoms with E-state index in [2.05, 4.69) is 16.0 Å². The summed E-state index contributed by atoms with van der Waals surface area (Å²) in [6, 6.07) is 10.9. The van der Waals surface area contributed by atoms with Crippen LogP contribution in [-0.2, 0) is 25.5 Å². The molecule has 1 unspecified atom stereocenters. The van der Waals surface area contributed by atoms with Gasteiger partial charge in [-0.05, 0) is 68.2 Å². The lowest BCUT2D eigenvalue weighted by Gasteiger charge is -2.32. The maximum Gasteiger partial charge on any atom is 0.328 e. The van der Waals surface area contributed by atoms with Gasteiger partial charge < -0.3 is 32.2 Å². The largest absolute Gasteiger partial charge is 0.464 e. The predicted octanol–water partition coefficient (Wildman–Crippen LogP) is 3.23. The van der Waals surface area contributed by atoms with Gasteiger partial charge >= 0.3 is 5.97 Å². The number of hydrogen-bond acceptors (Lipinski definition) is 6. The topological polar surface area (TPSA) is 196 Å². The molecule has 1 saturated carbocycles. The minimum atomic E-state index is -0.946. The minimum Gasteiger partial charge on any atom is -0.464 e. The number of guanidine groups is 1. The summed E-state index contributed by atoms with van der Waals surface area (Å²) in [5.41, 5.74) is 12.7. The molecule has 0 bridgehead atoms. The molecule has 45 heavy (non-hydrogen) atoms. The number of esters is 1. The van der Waals surface area contributed by atoms with E-state index in [4.69, 9.17) is 27.0 Å². The van der Waals surface area contributed by atoms with Crippen molar-refractivity contribution >= 4 is 42.0 Å². The van der Waals surface area contributed by atoms with Crippen molar-refractivity contribution in [1.82, 2.24) is 16.0 Å². The minimum absolute atomic E-state index is 0. The molecule has 246 valence electrons. The van der Waals surface area contributed by atoms with E-state index in [1.165, 1.54) is 12.1 Å². The van der Waals surface area contributed by atoms with Crippen LogP contribution in [0.5, 0.6) is 0 Å². The lowest BCUT2D eigenvalue weighted by Crippen LogP contribution is -2.56. The Balaban J connectivity index is 0.00000705. The molecule has 0 radical (unpaired) electrons. The van der Waals surface area contributed by atoms with Crippen LogP contribution in [0.25, 0.3) is 0 Å². The molecule has 1 aliphatic rings. The summed E-state index contributed by atoms with van der Waals surface area (Å²) in [5, 5.41) is 23.4. The highest BCUT2D eigenvalue weighted by atomic mass is 35.5. The van der Waals surface area contributed by atoms with Gasteiger partial charge in [-0.1, -0.05) is 55.7 Å². The highest BCUT2D eigenvalue weighted by Gasteiger charge is 2.35. The Morgan fingerprint density at radius 1 is 1.00 bits per heavy atom. The first kappa shape index (κ1) is 37.0. The second kappa shape index (κ2) is 18.6. The van der Waals surface area contributed by atoms with E-state index < -0.39 is 41.6 Å². The van der Waals surface area contributed by atoms with Crippen molar-refractivity contribution in [2.75, 3.05) is 13.2 Å². The van der Waals surface area contributed by atoms with Crippen molar-refractivity contribution in [3.63, 3.8) is 0 Å². The highest BCUT2D eigenvalue weighted by molar-refractivity contribution is 5.95. The van der Waals surface area contributed by atoms with Gasteiger partial charge in [0.25, 0.3) is 0 Å². The van der Waals surface area contributed by atoms with Crippen molar-refractivity contribution in [2.24, 2.45) is 17.4 Å². The molecular weight excluding hydrogens is 601 g/mol. The average Bonchev–Trinajstić information content (AvgIpc) is 3.00. The first-order valence-corrected chi connectivity index (χ1v) is 15.1. The Hall–Kier alpha value is -4.19. The summed E-state index contributed by atoms with van der Waals surface area (Å²) < 4.78 is 19.5. The first-order valence-electron chi connectivity index (χ1n) is 15.1. The van der Waals surface area contributed by atoms with Gasteiger partial charge in [0.15, 0.2) is 5.96 Å². The number of carbonyl (C=O) groups excluding carboxylic acids is 3. The van der Waals surface area contributed by atoms with E-state index in [0.29, 0.717) is 24.1 Å². The third-order valence-electron chi connectivity index (χ3n) is 7.85. The number of amides is 2. The van der Waals surface area contributed by atoms with E-state index in [-0.39, 0.29) is 49.6 Å². The number of nitrogen functional groups attached to an aromatic ring is 1. The molecule has 0 heterocycles. The van der Waals surface area contributed by atoms with E-state index >= 15 is 0 Å². The molecule has 9 N–H and O–H groups in total. The third-order valence-corrected chi connectivity index (χ3v) is 7.85. The molecule has 11 nitrogen and oxygen atoms in total. The molecule has 2 amide bonds. The van der Waals surface area contributed by atoms with Crippen LogP contribution < -0.4 is 27.4 Å². The molecule has 2 aromatic rings. The average molecular weight is 646 g/mol. The zero-order chi connectivity index (χ0) is 32.1. The van der Waals surface area contributed by atoms with Crippen molar-refractivity contribution in [3.05, 3.63) is 71.0 Å². The van der Waals surface area contributed by atoms with Crippen LogP contribution in [0.1, 0.15) is 74.5 Å². The summed E-state index contributed by atoms with van der Waals surface area (Å²) in [5.74, 6) is -3.20. The lowest BCUT2D eigenvalue weighted by molar-refractivity contribution is -0.148. The molecule has 0 spiro atoms. The molecule has 1 aliphatic carbocycles. The smallest absolute Gasteiger partial charge is 0.328 e. The van der Waals surface area contributed by atoms with E-state index in [1.54, 1.807) is 43.3 Å². The number of nitrogens with one attached hydrogen (secondary N) is 5. The van der Waals surface area contributed by atoms with Gasteiger partial charge in [-0.15, -0.1) is 12.4 Å². The van der Waals surface area contributed by atoms with Crippen LogP contribution in [0.3, 0.4) is 0 Å². The predicted molar refractivity (Wildman–Crippen MR) is 174 cm³/mol. The van der Waals surface area contributed by atoms with E-state index in [9.17, 15) is 18.8 Å². The number of ether oxygens (including phenoxy) is 1. The van der Waals surface area contributed by atoms with Crippen LogP contribution in [0.4, 0.5) is 4.39 Å². The summed E-state index contributed by atoms with van der Waals surface area (Å²) in [4.78, 5) is 40.6. The number of hydrogen-bond donors (Lipinski definition) is 7. The number of halogens is 2. The van der Waals surface area contributed by atoms with E-state index in [1.807, 2.05) is 0 Å². The lowest BCUT2D eigenvalue weighted by atomic mass is 9.82. The van der Waals surface area contributed by atoms with Gasteiger partial charge in [0.1, 0.15) is 23.7 Å². The van der Waals surface area contributed by atoms with Gasteiger partial charge in [0.05, 0.1) is 12.5 Å². The van der Waals surface area contributed by atoms with Crippen LogP contribution in [0.15, 0.2) is 48.5 Å². The summed E-state index contributed by atoms with van der Waals surface area (Å²) in [7, 11) is 0. The maximum absolute atomic E-state index is 14.3. The van der Waals surface area contributed by atoms with Crippen LogP contribution in [0, 0.1) is 22.6 Å². The van der Waals surface area contributed by atoms with E-state index in [0.717, 1.165) is 37.7 Å². The summed E-state index contributed by atoms with van der Waals surface area (Å²) in [6.07, 6.45) is 5.25. The molecule has 2 aromatic carbocycles. The summed E-state index contributed by atoms with van der Waals surface area (Å²) in [6.45, 7) is 2.16. The fourth-order valence-corrected chi connectivity index (χ4v) is 5.54. The second-order valence-corrected chi connectivity index (χ2v) is 11.1. The number of nitrogens with two attached hydrogens (primary N) is 2. The van der Waals surface area contributed by atoms with Crippen LogP contribution in [-0.4, -0.2) is 54.8 Å². The Kier molecular flexibility index (Phi) is 15.3. The van der Waals surface area contributed by atoms with Gasteiger partial charge in [-0.3, -0.25) is 20.4 Å². The zero-order valence-electron chi connectivity index (χ0n) is 25.6. The van der Waals surface area contributed by atoms with Gasteiger partial charge in [-0.2, -0.15) is 0 Å². The molecule has 3 rings (SSSR count). The normalized spacial score (nSPS) is 15.0. The third kappa shape index (κ3) is 11.7. The number of carbonyl (C=O) groups is 3. The van der Waals surface area contributed by atoms with Gasteiger partial charge in [0.2, 0.25) is 11.8 Å². The Labute approximate surface area is 269 Å².